The lowest BCUT2D eigenvalue weighted by molar-refractivity contribution is 0.317. The standard InChI is InChI=1S/C15H21NO2S/c1-12(2)13(3)19(17)10-6-9-18-15-8-5-4-7-14(15)11-16/h4-5,7-8,12-13H,6,9-10H2,1-3H3. The predicted molar refractivity (Wildman–Crippen MR) is 78.6 cm³/mol. The van der Waals surface area contributed by atoms with Crippen LogP contribution in [0.3, 0.4) is 0 Å². The quantitative estimate of drug-likeness (QED) is 0.721. The SMILES string of the molecule is CC(C)C(C)S(=O)CCCOc1ccccc1C#N. The Morgan fingerprint density at radius 3 is 2.63 bits per heavy atom. The number of hydrogen-bond acceptors (Lipinski definition) is 3. The summed E-state index contributed by atoms with van der Waals surface area (Å²) in [5, 5.41) is 9.13. The Morgan fingerprint density at radius 1 is 1.32 bits per heavy atom. The van der Waals surface area contributed by atoms with Crippen LogP contribution in [0.2, 0.25) is 0 Å². The van der Waals surface area contributed by atoms with Crippen molar-refractivity contribution in [3.8, 4) is 11.8 Å². The maximum absolute atomic E-state index is 11.9. The van der Waals surface area contributed by atoms with Crippen molar-refractivity contribution in [3.05, 3.63) is 29.8 Å². The predicted octanol–water partition coefficient (Wildman–Crippen LogP) is 3.12. The highest BCUT2D eigenvalue weighted by molar-refractivity contribution is 7.85. The summed E-state index contributed by atoms with van der Waals surface area (Å²) in [6, 6.07) is 9.26. The third-order valence-electron chi connectivity index (χ3n) is 3.11. The van der Waals surface area contributed by atoms with Gasteiger partial charge in [0.1, 0.15) is 11.8 Å². The fourth-order valence-corrected chi connectivity index (χ4v) is 2.94. The maximum Gasteiger partial charge on any atom is 0.137 e. The summed E-state index contributed by atoms with van der Waals surface area (Å²) < 4.78 is 17.5. The van der Waals surface area contributed by atoms with Gasteiger partial charge in [0.15, 0.2) is 0 Å². The number of ether oxygens (including phenoxy) is 1. The second kappa shape index (κ2) is 7.96. The van der Waals surface area contributed by atoms with Gasteiger partial charge in [-0.15, -0.1) is 0 Å². The highest BCUT2D eigenvalue weighted by atomic mass is 32.2. The van der Waals surface area contributed by atoms with Crippen molar-refractivity contribution in [2.24, 2.45) is 5.92 Å². The van der Waals surface area contributed by atoms with Crippen molar-refractivity contribution >= 4 is 10.8 Å². The lowest BCUT2D eigenvalue weighted by Crippen LogP contribution is -2.20. The Morgan fingerprint density at radius 2 is 2.00 bits per heavy atom. The van der Waals surface area contributed by atoms with E-state index in [1.807, 2.05) is 19.1 Å². The first kappa shape index (κ1) is 15.7. The van der Waals surface area contributed by atoms with Crippen molar-refractivity contribution in [3.63, 3.8) is 0 Å². The molecule has 1 rings (SSSR count). The number of para-hydroxylation sites is 1. The molecule has 0 fully saturated rings. The fraction of sp³-hybridized carbons (Fsp3) is 0.533. The summed E-state index contributed by atoms with van der Waals surface area (Å²) >= 11 is 0. The second-order valence-electron chi connectivity index (χ2n) is 4.84. The van der Waals surface area contributed by atoms with Crippen LogP contribution in [0.25, 0.3) is 0 Å². The number of rotatable bonds is 7. The first-order valence-corrected chi connectivity index (χ1v) is 7.93. The van der Waals surface area contributed by atoms with Crippen molar-refractivity contribution in [1.29, 1.82) is 5.26 Å². The van der Waals surface area contributed by atoms with E-state index >= 15 is 0 Å². The summed E-state index contributed by atoms with van der Waals surface area (Å²) in [6.45, 7) is 6.69. The minimum atomic E-state index is -0.805. The third-order valence-corrected chi connectivity index (χ3v) is 5.17. The van der Waals surface area contributed by atoms with E-state index in [1.54, 1.807) is 12.1 Å². The van der Waals surface area contributed by atoms with Gasteiger partial charge in [-0.1, -0.05) is 32.9 Å². The highest BCUT2D eigenvalue weighted by Crippen LogP contribution is 2.17. The Kier molecular flexibility index (Phi) is 6.58. The van der Waals surface area contributed by atoms with Crippen molar-refractivity contribution in [2.75, 3.05) is 12.4 Å². The molecule has 0 spiro atoms. The summed E-state index contributed by atoms with van der Waals surface area (Å²) in [5.74, 6) is 1.68. The lowest BCUT2D eigenvalue weighted by atomic mass is 10.2. The zero-order valence-corrected chi connectivity index (χ0v) is 12.6. The van der Waals surface area contributed by atoms with Crippen molar-refractivity contribution < 1.29 is 8.95 Å². The van der Waals surface area contributed by atoms with Crippen LogP contribution in [0.5, 0.6) is 5.75 Å². The molecule has 0 aromatic heterocycles. The monoisotopic (exact) mass is 279 g/mol. The van der Waals surface area contributed by atoms with E-state index in [9.17, 15) is 4.21 Å². The Hall–Kier alpha value is -1.34. The van der Waals surface area contributed by atoms with Gasteiger partial charge in [-0.05, 0) is 24.5 Å². The van der Waals surface area contributed by atoms with E-state index in [-0.39, 0.29) is 5.25 Å². The number of nitrogens with zero attached hydrogens (tertiary/aromatic N) is 1. The molecule has 104 valence electrons. The summed E-state index contributed by atoms with van der Waals surface area (Å²) in [4.78, 5) is 0. The molecule has 2 atom stereocenters. The normalized spacial score (nSPS) is 13.8. The molecule has 2 unspecified atom stereocenters. The number of benzene rings is 1. The summed E-state index contributed by atoms with van der Waals surface area (Å²) in [7, 11) is -0.805. The molecule has 0 saturated heterocycles. The van der Waals surface area contributed by atoms with E-state index in [2.05, 4.69) is 19.9 Å². The molecule has 1 aromatic carbocycles. The minimum Gasteiger partial charge on any atom is -0.492 e. The van der Waals surface area contributed by atoms with Crippen LogP contribution in [-0.2, 0) is 10.8 Å². The average Bonchev–Trinajstić information content (AvgIpc) is 2.42. The van der Waals surface area contributed by atoms with E-state index in [4.69, 9.17) is 10.00 Å². The van der Waals surface area contributed by atoms with Crippen LogP contribution >= 0.6 is 0 Å². The van der Waals surface area contributed by atoms with Gasteiger partial charge in [0.25, 0.3) is 0 Å². The molecule has 3 nitrogen and oxygen atoms in total. The van der Waals surface area contributed by atoms with Gasteiger partial charge >= 0.3 is 0 Å². The molecule has 0 bridgehead atoms. The Labute approximate surface area is 118 Å². The maximum atomic E-state index is 11.9. The molecule has 0 aliphatic carbocycles. The molecule has 0 saturated carbocycles. The Balaban J connectivity index is 2.36. The van der Waals surface area contributed by atoms with Gasteiger partial charge < -0.3 is 4.74 Å². The van der Waals surface area contributed by atoms with Crippen molar-refractivity contribution in [1.82, 2.24) is 0 Å². The van der Waals surface area contributed by atoms with E-state index in [0.717, 1.165) is 6.42 Å². The van der Waals surface area contributed by atoms with Gasteiger partial charge in [0.05, 0.1) is 12.2 Å². The molecule has 4 heteroatoms. The minimum absolute atomic E-state index is 0.214. The van der Waals surface area contributed by atoms with Gasteiger partial charge in [-0.3, -0.25) is 4.21 Å². The van der Waals surface area contributed by atoms with E-state index < -0.39 is 10.8 Å². The van der Waals surface area contributed by atoms with Crippen LogP contribution in [0.1, 0.15) is 32.8 Å². The first-order chi connectivity index (χ1) is 9.06. The van der Waals surface area contributed by atoms with E-state index in [1.165, 1.54) is 0 Å². The van der Waals surface area contributed by atoms with Gasteiger partial charge in [0, 0.05) is 21.8 Å². The highest BCUT2D eigenvalue weighted by Gasteiger charge is 2.14. The summed E-state index contributed by atoms with van der Waals surface area (Å²) in [6.07, 6.45) is 0.740. The average molecular weight is 279 g/mol. The molecule has 0 radical (unpaired) electrons. The molecule has 0 heterocycles. The fourth-order valence-electron chi connectivity index (χ4n) is 1.56. The molecule has 0 aliphatic heterocycles. The number of nitriles is 1. The molecule has 0 N–H and O–H groups in total. The van der Waals surface area contributed by atoms with Crippen molar-refractivity contribution in [2.45, 2.75) is 32.4 Å². The van der Waals surface area contributed by atoms with Gasteiger partial charge in [-0.2, -0.15) is 5.26 Å². The van der Waals surface area contributed by atoms with Gasteiger partial charge in [-0.25, -0.2) is 0 Å². The molecule has 0 amide bonds. The smallest absolute Gasteiger partial charge is 0.137 e. The zero-order valence-electron chi connectivity index (χ0n) is 11.8. The van der Waals surface area contributed by atoms with Crippen LogP contribution in [-0.4, -0.2) is 21.8 Å². The van der Waals surface area contributed by atoms with Gasteiger partial charge in [0.2, 0.25) is 0 Å². The molecular weight excluding hydrogens is 258 g/mol. The second-order valence-corrected chi connectivity index (χ2v) is 6.76. The zero-order chi connectivity index (χ0) is 14.3. The van der Waals surface area contributed by atoms with Crippen LogP contribution in [0.4, 0.5) is 0 Å². The topological polar surface area (TPSA) is 50.1 Å². The van der Waals surface area contributed by atoms with E-state index in [0.29, 0.717) is 29.6 Å². The first-order valence-electron chi connectivity index (χ1n) is 6.55. The summed E-state index contributed by atoms with van der Waals surface area (Å²) in [5.41, 5.74) is 0.541. The van der Waals surface area contributed by atoms with Crippen LogP contribution < -0.4 is 4.74 Å². The Bertz CT molecular complexity index is 465. The molecule has 19 heavy (non-hydrogen) atoms. The largest absolute Gasteiger partial charge is 0.492 e. The van der Waals surface area contributed by atoms with Crippen LogP contribution in [0.15, 0.2) is 24.3 Å². The third kappa shape index (κ3) is 5.04. The lowest BCUT2D eigenvalue weighted by Gasteiger charge is -2.15. The molecular formula is C15H21NO2S. The molecule has 0 aliphatic rings. The number of hydrogen-bond donors (Lipinski definition) is 0. The molecule has 1 aromatic rings. The van der Waals surface area contributed by atoms with Crippen LogP contribution in [0, 0.1) is 17.2 Å².